The van der Waals surface area contributed by atoms with E-state index in [9.17, 15) is 4.39 Å². The molecule has 1 fully saturated rings. The summed E-state index contributed by atoms with van der Waals surface area (Å²) in [6.45, 7) is 7.41. The molecule has 0 spiro atoms. The Morgan fingerprint density at radius 3 is 3.00 bits per heavy atom. The highest BCUT2D eigenvalue weighted by Crippen LogP contribution is 2.29. The van der Waals surface area contributed by atoms with Crippen LogP contribution in [0.4, 0.5) is 16.0 Å². The minimum atomic E-state index is -1.35. The van der Waals surface area contributed by atoms with Crippen molar-refractivity contribution in [2.24, 2.45) is 0 Å². The molecule has 0 aliphatic carbocycles. The molecule has 1 atom stereocenters. The number of morpholine rings is 1. The summed E-state index contributed by atoms with van der Waals surface area (Å²) in [5, 5.41) is 4.07. The van der Waals surface area contributed by atoms with Crippen molar-refractivity contribution >= 4 is 22.7 Å². The molecule has 0 aromatic carbocycles. The first kappa shape index (κ1) is 18.6. The molecular weight excluding hydrogens is 359 g/mol. The Labute approximate surface area is 163 Å². The molecule has 1 aliphatic rings. The largest absolute Gasteiger partial charge is 0.377 e. The van der Waals surface area contributed by atoms with Crippen molar-refractivity contribution in [2.75, 3.05) is 36.5 Å². The smallest absolute Gasteiger partial charge is 0.164 e. The van der Waals surface area contributed by atoms with E-state index in [1.807, 2.05) is 24.4 Å². The van der Waals surface area contributed by atoms with E-state index >= 15 is 0 Å². The number of nitrogens with one attached hydrogen (secondary N) is 2. The van der Waals surface area contributed by atoms with E-state index in [1.54, 1.807) is 20.0 Å². The summed E-state index contributed by atoms with van der Waals surface area (Å²) in [5.41, 5.74) is 0.324. The number of nitrogens with zero attached hydrogens (tertiary/aromatic N) is 4. The van der Waals surface area contributed by atoms with Crippen LogP contribution in [-0.4, -0.2) is 57.9 Å². The second-order valence-corrected chi connectivity index (χ2v) is 7.72. The lowest BCUT2D eigenvalue weighted by Crippen LogP contribution is -2.44. The van der Waals surface area contributed by atoms with E-state index in [1.165, 1.54) is 0 Å². The Bertz CT molecular complexity index is 967. The van der Waals surface area contributed by atoms with E-state index in [2.05, 4.69) is 32.1 Å². The fourth-order valence-electron chi connectivity index (χ4n) is 3.32. The topological polar surface area (TPSA) is 79.0 Å². The van der Waals surface area contributed by atoms with Gasteiger partial charge in [-0.1, -0.05) is 0 Å². The van der Waals surface area contributed by atoms with E-state index in [0.29, 0.717) is 24.9 Å². The van der Waals surface area contributed by atoms with Gasteiger partial charge in [0.25, 0.3) is 0 Å². The van der Waals surface area contributed by atoms with E-state index < -0.39 is 5.67 Å². The predicted molar refractivity (Wildman–Crippen MR) is 108 cm³/mol. The maximum atomic E-state index is 14.0. The molecule has 2 N–H and O–H groups in total. The minimum Gasteiger partial charge on any atom is -0.377 e. The molecule has 8 heteroatoms. The molecule has 148 valence electrons. The lowest BCUT2D eigenvalue weighted by atomic mass is 10.1. The van der Waals surface area contributed by atoms with E-state index in [-0.39, 0.29) is 12.6 Å². The highest BCUT2D eigenvalue weighted by Gasteiger charge is 2.23. The van der Waals surface area contributed by atoms with Crippen molar-refractivity contribution in [3.05, 3.63) is 30.6 Å². The molecule has 4 heterocycles. The first-order valence-electron chi connectivity index (χ1n) is 9.49. The van der Waals surface area contributed by atoms with Gasteiger partial charge in [0.15, 0.2) is 5.82 Å². The van der Waals surface area contributed by atoms with Gasteiger partial charge in [0.1, 0.15) is 23.0 Å². The van der Waals surface area contributed by atoms with Gasteiger partial charge in [-0.15, -0.1) is 0 Å². The Hall–Kier alpha value is -2.74. The summed E-state index contributed by atoms with van der Waals surface area (Å²) in [4.78, 5) is 19.2. The van der Waals surface area contributed by atoms with Crippen LogP contribution >= 0.6 is 0 Å². The number of pyridine rings is 1. The molecule has 1 aliphatic heterocycles. The van der Waals surface area contributed by atoms with Gasteiger partial charge in [0.05, 0.1) is 19.3 Å². The molecule has 7 nitrogen and oxygen atoms in total. The summed E-state index contributed by atoms with van der Waals surface area (Å²) in [6, 6.07) is 5.95. The van der Waals surface area contributed by atoms with Gasteiger partial charge >= 0.3 is 0 Å². The Morgan fingerprint density at radius 1 is 1.36 bits per heavy atom. The van der Waals surface area contributed by atoms with Crippen LogP contribution in [-0.2, 0) is 4.74 Å². The van der Waals surface area contributed by atoms with Crippen LogP contribution in [0, 0.1) is 0 Å². The number of H-pyrrole nitrogens is 1. The summed E-state index contributed by atoms with van der Waals surface area (Å²) in [6.07, 6.45) is 3.58. The van der Waals surface area contributed by atoms with Gasteiger partial charge in [-0.3, -0.25) is 0 Å². The molecular formula is C20H25FN6O. The number of aromatic nitrogens is 4. The molecule has 0 amide bonds. The first-order valence-corrected chi connectivity index (χ1v) is 9.49. The summed E-state index contributed by atoms with van der Waals surface area (Å²) >= 11 is 0. The number of rotatable bonds is 5. The molecule has 0 unspecified atom stereocenters. The Kier molecular flexibility index (Phi) is 4.89. The number of halogens is 1. The van der Waals surface area contributed by atoms with E-state index in [4.69, 9.17) is 9.72 Å². The second-order valence-electron chi connectivity index (χ2n) is 7.72. The monoisotopic (exact) mass is 384 g/mol. The zero-order valence-electron chi connectivity index (χ0n) is 16.4. The van der Waals surface area contributed by atoms with Crippen LogP contribution in [0.5, 0.6) is 0 Å². The SMILES string of the molecule is C[C@@H]1COCCN1c1cc(NCC(C)(C)F)nc(-c2ccnc3[nH]ccc23)n1. The van der Waals surface area contributed by atoms with Gasteiger partial charge in [-0.2, -0.15) is 0 Å². The van der Waals surface area contributed by atoms with Gasteiger partial charge < -0.3 is 19.9 Å². The van der Waals surface area contributed by atoms with Crippen molar-refractivity contribution in [3.63, 3.8) is 0 Å². The quantitative estimate of drug-likeness (QED) is 0.702. The number of ether oxygens (including phenoxy) is 1. The number of alkyl halides is 1. The molecule has 1 saturated heterocycles. The zero-order chi connectivity index (χ0) is 19.7. The van der Waals surface area contributed by atoms with Crippen LogP contribution in [0.2, 0.25) is 0 Å². The minimum absolute atomic E-state index is 0.164. The van der Waals surface area contributed by atoms with Crippen molar-refractivity contribution in [3.8, 4) is 11.4 Å². The number of hydrogen-bond donors (Lipinski definition) is 2. The van der Waals surface area contributed by atoms with Crippen LogP contribution in [0.15, 0.2) is 30.6 Å². The number of hydrogen-bond acceptors (Lipinski definition) is 6. The van der Waals surface area contributed by atoms with Gasteiger partial charge in [-0.05, 0) is 32.9 Å². The third-order valence-electron chi connectivity index (χ3n) is 4.77. The normalized spacial score (nSPS) is 17.9. The highest BCUT2D eigenvalue weighted by molar-refractivity contribution is 5.91. The number of aromatic amines is 1. The molecule has 3 aromatic rings. The fraction of sp³-hybridized carbons (Fsp3) is 0.450. The Morgan fingerprint density at radius 2 is 2.21 bits per heavy atom. The van der Waals surface area contributed by atoms with Crippen LogP contribution in [0.3, 0.4) is 0 Å². The maximum absolute atomic E-state index is 14.0. The van der Waals surface area contributed by atoms with Crippen molar-refractivity contribution in [1.29, 1.82) is 0 Å². The predicted octanol–water partition coefficient (Wildman–Crippen LogP) is 3.41. The average Bonchev–Trinajstić information content (AvgIpc) is 3.15. The molecule has 0 radical (unpaired) electrons. The highest BCUT2D eigenvalue weighted by atomic mass is 19.1. The summed E-state index contributed by atoms with van der Waals surface area (Å²) < 4.78 is 19.6. The van der Waals surface area contributed by atoms with Gasteiger partial charge in [0.2, 0.25) is 0 Å². The Balaban J connectivity index is 1.78. The van der Waals surface area contributed by atoms with E-state index in [0.717, 1.165) is 29.0 Å². The first-order chi connectivity index (χ1) is 13.4. The third-order valence-corrected chi connectivity index (χ3v) is 4.77. The fourth-order valence-corrected chi connectivity index (χ4v) is 3.32. The molecule has 3 aromatic heterocycles. The maximum Gasteiger partial charge on any atom is 0.164 e. The van der Waals surface area contributed by atoms with Gasteiger partial charge in [-0.25, -0.2) is 19.3 Å². The molecule has 28 heavy (non-hydrogen) atoms. The van der Waals surface area contributed by atoms with Crippen LogP contribution in [0.25, 0.3) is 22.4 Å². The number of anilines is 2. The molecule has 0 saturated carbocycles. The van der Waals surface area contributed by atoms with Crippen molar-refractivity contribution in [2.45, 2.75) is 32.5 Å². The molecule has 0 bridgehead atoms. The van der Waals surface area contributed by atoms with Gasteiger partial charge in [0, 0.05) is 42.5 Å². The third kappa shape index (κ3) is 3.91. The zero-order valence-corrected chi connectivity index (χ0v) is 16.4. The average molecular weight is 384 g/mol. The lowest BCUT2D eigenvalue weighted by Gasteiger charge is -2.34. The van der Waals surface area contributed by atoms with Crippen LogP contribution < -0.4 is 10.2 Å². The summed E-state index contributed by atoms with van der Waals surface area (Å²) in [5.74, 6) is 1.99. The van der Waals surface area contributed by atoms with Crippen molar-refractivity contribution < 1.29 is 9.13 Å². The summed E-state index contributed by atoms with van der Waals surface area (Å²) in [7, 11) is 0. The molecule has 4 rings (SSSR count). The lowest BCUT2D eigenvalue weighted by molar-refractivity contribution is 0.0985. The van der Waals surface area contributed by atoms with Crippen LogP contribution in [0.1, 0.15) is 20.8 Å². The standard InChI is InChI=1S/C20H25FN6O/c1-13-11-28-9-8-27(13)17-10-16(24-12-20(2,3)21)25-19(26-17)15-5-7-23-18-14(15)4-6-22-18/h4-7,10,13H,8-9,11-12H2,1-3H3,(H,22,23)(H,24,25,26)/t13-/m1/s1. The number of fused-ring (bicyclic) bond motifs is 1. The van der Waals surface area contributed by atoms with Crippen molar-refractivity contribution in [1.82, 2.24) is 19.9 Å². The second kappa shape index (κ2) is 7.35.